The molecule has 6 nitrogen and oxygen atoms in total. The van der Waals surface area contributed by atoms with Gasteiger partial charge in [-0.15, -0.1) is 0 Å². The minimum atomic E-state index is -0.924. The lowest BCUT2D eigenvalue weighted by molar-refractivity contribution is -0.169. The van der Waals surface area contributed by atoms with E-state index in [1.807, 2.05) is 18.2 Å². The van der Waals surface area contributed by atoms with Crippen LogP contribution < -0.4 is 10.2 Å². The van der Waals surface area contributed by atoms with Gasteiger partial charge < -0.3 is 19.7 Å². The van der Waals surface area contributed by atoms with Crippen LogP contribution in [0.2, 0.25) is 5.02 Å². The van der Waals surface area contributed by atoms with E-state index in [0.29, 0.717) is 43.2 Å². The number of nitrogens with one attached hydrogen (secondary N) is 1. The lowest BCUT2D eigenvalue weighted by atomic mass is 9.98. The molecule has 1 saturated heterocycles. The largest absolute Gasteiger partial charge is 0.352 e. The number of carbonyl (C=O) groups excluding carboxylic acids is 2. The molecule has 0 aliphatic carbocycles. The Labute approximate surface area is 168 Å². The average molecular weight is 401 g/mol. The SMILES string of the molecule is CN1C(=O)Cc2cc(C3(CCNC(=O)c4ccccc4Cl)OCCO3)ccc21. The number of amides is 2. The molecule has 0 atom stereocenters. The quantitative estimate of drug-likeness (QED) is 0.838. The van der Waals surface area contributed by atoms with Gasteiger partial charge in [0.2, 0.25) is 5.91 Å². The molecule has 28 heavy (non-hydrogen) atoms. The van der Waals surface area contributed by atoms with E-state index in [4.69, 9.17) is 21.1 Å². The van der Waals surface area contributed by atoms with E-state index in [0.717, 1.165) is 16.8 Å². The van der Waals surface area contributed by atoms with Crippen molar-refractivity contribution in [1.82, 2.24) is 5.32 Å². The van der Waals surface area contributed by atoms with Crippen molar-refractivity contribution in [1.29, 1.82) is 0 Å². The normalized spacial score (nSPS) is 17.6. The molecule has 1 fully saturated rings. The fraction of sp³-hybridized carbons (Fsp3) is 0.333. The van der Waals surface area contributed by atoms with Crippen molar-refractivity contribution in [2.75, 3.05) is 31.7 Å². The Balaban J connectivity index is 1.49. The van der Waals surface area contributed by atoms with Gasteiger partial charge in [-0.05, 0) is 29.8 Å². The molecule has 146 valence electrons. The summed E-state index contributed by atoms with van der Waals surface area (Å²) in [5.74, 6) is -1.09. The topological polar surface area (TPSA) is 67.9 Å². The van der Waals surface area contributed by atoms with Crippen LogP contribution in [-0.2, 0) is 26.5 Å². The van der Waals surface area contributed by atoms with Gasteiger partial charge in [0.25, 0.3) is 5.91 Å². The molecule has 2 aromatic carbocycles. The van der Waals surface area contributed by atoms with Crippen molar-refractivity contribution < 1.29 is 19.1 Å². The highest BCUT2D eigenvalue weighted by molar-refractivity contribution is 6.33. The fourth-order valence-electron chi connectivity index (χ4n) is 3.70. The maximum absolute atomic E-state index is 12.4. The maximum atomic E-state index is 12.4. The number of hydrogen-bond acceptors (Lipinski definition) is 4. The molecular weight excluding hydrogens is 380 g/mol. The second-order valence-electron chi connectivity index (χ2n) is 6.91. The van der Waals surface area contributed by atoms with E-state index in [1.54, 1.807) is 36.2 Å². The van der Waals surface area contributed by atoms with Crippen LogP contribution in [0.5, 0.6) is 0 Å². The molecule has 2 aliphatic heterocycles. The van der Waals surface area contributed by atoms with Crippen LogP contribution in [-0.4, -0.2) is 38.6 Å². The summed E-state index contributed by atoms with van der Waals surface area (Å²) in [6.07, 6.45) is 0.824. The molecule has 0 bridgehead atoms. The van der Waals surface area contributed by atoms with Crippen molar-refractivity contribution in [2.24, 2.45) is 0 Å². The van der Waals surface area contributed by atoms with E-state index >= 15 is 0 Å². The van der Waals surface area contributed by atoms with Crippen LogP contribution in [0.25, 0.3) is 0 Å². The van der Waals surface area contributed by atoms with Gasteiger partial charge in [-0.3, -0.25) is 9.59 Å². The molecule has 7 heteroatoms. The Morgan fingerprint density at radius 1 is 1.21 bits per heavy atom. The second-order valence-corrected chi connectivity index (χ2v) is 7.32. The fourth-order valence-corrected chi connectivity index (χ4v) is 3.92. The number of ether oxygens (including phenoxy) is 2. The van der Waals surface area contributed by atoms with E-state index in [1.165, 1.54) is 0 Å². The molecule has 0 unspecified atom stereocenters. The Hall–Kier alpha value is -2.41. The number of likely N-dealkylation sites (N-methyl/N-ethyl adjacent to an activating group) is 1. The second kappa shape index (κ2) is 7.54. The van der Waals surface area contributed by atoms with E-state index in [2.05, 4.69) is 5.32 Å². The van der Waals surface area contributed by atoms with Gasteiger partial charge in [-0.25, -0.2) is 0 Å². The maximum Gasteiger partial charge on any atom is 0.252 e. The minimum Gasteiger partial charge on any atom is -0.352 e. The number of rotatable bonds is 5. The van der Waals surface area contributed by atoms with Crippen molar-refractivity contribution in [2.45, 2.75) is 18.6 Å². The van der Waals surface area contributed by atoms with Gasteiger partial charge in [0.15, 0.2) is 5.79 Å². The summed E-state index contributed by atoms with van der Waals surface area (Å²) < 4.78 is 11.9. The Morgan fingerprint density at radius 2 is 1.96 bits per heavy atom. The molecule has 0 radical (unpaired) electrons. The summed E-state index contributed by atoms with van der Waals surface area (Å²) in [5.41, 5.74) is 3.17. The highest BCUT2D eigenvalue weighted by Gasteiger charge is 2.39. The third-order valence-electron chi connectivity index (χ3n) is 5.21. The first-order valence-corrected chi connectivity index (χ1v) is 9.58. The first-order chi connectivity index (χ1) is 13.5. The number of benzene rings is 2. The number of hydrogen-bond donors (Lipinski definition) is 1. The van der Waals surface area contributed by atoms with Crippen molar-refractivity contribution in [3.8, 4) is 0 Å². The number of fused-ring (bicyclic) bond motifs is 1. The Kier molecular flexibility index (Phi) is 5.10. The molecular formula is C21H21ClN2O4. The predicted octanol–water partition coefficient (Wildman–Crippen LogP) is 2.88. The first-order valence-electron chi connectivity index (χ1n) is 9.21. The van der Waals surface area contributed by atoms with E-state index in [9.17, 15) is 9.59 Å². The van der Waals surface area contributed by atoms with Crippen molar-refractivity contribution >= 4 is 29.1 Å². The van der Waals surface area contributed by atoms with Gasteiger partial charge in [-0.2, -0.15) is 0 Å². The van der Waals surface area contributed by atoms with Crippen LogP contribution in [0.1, 0.15) is 27.9 Å². The summed E-state index contributed by atoms with van der Waals surface area (Å²) in [7, 11) is 1.77. The van der Waals surface area contributed by atoms with Gasteiger partial charge >= 0.3 is 0 Å². The molecule has 0 saturated carbocycles. The van der Waals surface area contributed by atoms with Crippen LogP contribution in [0.15, 0.2) is 42.5 Å². The van der Waals surface area contributed by atoms with Crippen LogP contribution in [0.3, 0.4) is 0 Å². The van der Waals surface area contributed by atoms with Crippen LogP contribution >= 0.6 is 11.6 Å². The highest BCUT2D eigenvalue weighted by atomic mass is 35.5. The monoisotopic (exact) mass is 400 g/mol. The van der Waals surface area contributed by atoms with Crippen LogP contribution in [0.4, 0.5) is 5.69 Å². The number of carbonyl (C=O) groups is 2. The zero-order valence-electron chi connectivity index (χ0n) is 15.5. The zero-order chi connectivity index (χ0) is 19.7. The van der Waals surface area contributed by atoms with E-state index < -0.39 is 5.79 Å². The molecule has 2 heterocycles. The smallest absolute Gasteiger partial charge is 0.252 e. The summed E-state index contributed by atoms with van der Waals surface area (Å²) in [5, 5.41) is 3.29. The summed E-state index contributed by atoms with van der Waals surface area (Å²) in [4.78, 5) is 26.0. The molecule has 0 spiro atoms. The molecule has 0 aromatic heterocycles. The van der Waals surface area contributed by atoms with Crippen molar-refractivity contribution in [3.05, 3.63) is 64.2 Å². The van der Waals surface area contributed by atoms with Gasteiger partial charge in [0.1, 0.15) is 0 Å². The summed E-state index contributed by atoms with van der Waals surface area (Å²) in [6, 6.07) is 12.7. The summed E-state index contributed by atoms with van der Waals surface area (Å²) in [6.45, 7) is 1.32. The van der Waals surface area contributed by atoms with Crippen LogP contribution in [0, 0.1) is 0 Å². The summed E-state index contributed by atoms with van der Waals surface area (Å²) >= 11 is 6.08. The highest BCUT2D eigenvalue weighted by Crippen LogP contribution is 2.38. The van der Waals surface area contributed by atoms with Gasteiger partial charge in [0, 0.05) is 31.3 Å². The molecule has 1 N–H and O–H groups in total. The number of nitrogens with zero attached hydrogens (tertiary/aromatic N) is 1. The van der Waals surface area contributed by atoms with E-state index in [-0.39, 0.29) is 11.8 Å². The van der Waals surface area contributed by atoms with Gasteiger partial charge in [-0.1, -0.05) is 29.8 Å². The number of halogens is 1. The van der Waals surface area contributed by atoms with Crippen molar-refractivity contribution in [3.63, 3.8) is 0 Å². The standard InChI is InChI=1S/C21H21ClN2O4/c1-24-18-7-6-15(12-14(18)13-19(24)25)21(27-10-11-28-21)8-9-23-20(26)16-4-2-3-5-17(16)22/h2-7,12H,8-11,13H2,1H3,(H,23,26). The molecule has 2 aromatic rings. The molecule has 2 aliphatic rings. The lowest BCUT2D eigenvalue weighted by Gasteiger charge is -2.28. The zero-order valence-corrected chi connectivity index (χ0v) is 16.3. The third-order valence-corrected chi connectivity index (χ3v) is 5.54. The third kappa shape index (κ3) is 3.39. The first kappa shape index (κ1) is 18.9. The number of anilines is 1. The predicted molar refractivity (Wildman–Crippen MR) is 106 cm³/mol. The lowest BCUT2D eigenvalue weighted by Crippen LogP contribution is -2.34. The molecule has 4 rings (SSSR count). The Morgan fingerprint density at radius 3 is 2.71 bits per heavy atom. The van der Waals surface area contributed by atoms with Gasteiger partial charge in [0.05, 0.1) is 30.2 Å². The molecule has 2 amide bonds. The average Bonchev–Trinajstić information content (AvgIpc) is 3.27. The Bertz CT molecular complexity index is 924. The minimum absolute atomic E-state index is 0.0708.